The molecule has 9 heteroatoms. The zero-order chi connectivity index (χ0) is 22.9. The maximum absolute atomic E-state index is 10.6. The van der Waals surface area contributed by atoms with Gasteiger partial charge in [0.25, 0.3) is 0 Å². The summed E-state index contributed by atoms with van der Waals surface area (Å²) in [7, 11) is 0. The topological polar surface area (TPSA) is 108 Å². The zero-order valence-electron chi connectivity index (χ0n) is 16.3. The third-order valence-electron chi connectivity index (χ3n) is 3.87. The fourth-order valence-electron chi connectivity index (χ4n) is 2.29. The molecule has 3 aromatic carbocycles. The van der Waals surface area contributed by atoms with Gasteiger partial charge in [-0.1, -0.05) is 60.7 Å². The van der Waals surface area contributed by atoms with Crippen LogP contribution in [0, 0.1) is 0 Å². The quantitative estimate of drug-likeness (QED) is 0.488. The highest BCUT2D eigenvalue weighted by atomic mass is 19.4. The zero-order valence-corrected chi connectivity index (χ0v) is 16.3. The molecule has 0 aliphatic carbocycles. The SMILES string of the molecule is Nc1cc(OCc2ccccc2)c(OCc2ccccc2)cc1N.O=C(O)C(F)(F)F. The lowest BCUT2D eigenvalue weighted by Gasteiger charge is -2.15. The van der Waals surface area contributed by atoms with Crippen molar-refractivity contribution in [2.45, 2.75) is 19.4 Å². The van der Waals surface area contributed by atoms with E-state index in [1.54, 1.807) is 12.1 Å². The number of carboxylic acids is 1. The van der Waals surface area contributed by atoms with Crippen LogP contribution in [0.15, 0.2) is 72.8 Å². The van der Waals surface area contributed by atoms with E-state index in [-0.39, 0.29) is 0 Å². The van der Waals surface area contributed by atoms with Crippen molar-refractivity contribution in [3.8, 4) is 11.5 Å². The molecule has 6 nitrogen and oxygen atoms in total. The van der Waals surface area contributed by atoms with Gasteiger partial charge in [-0.2, -0.15) is 13.2 Å². The van der Waals surface area contributed by atoms with Crippen molar-refractivity contribution < 1.29 is 32.5 Å². The van der Waals surface area contributed by atoms with Crippen LogP contribution in [0.2, 0.25) is 0 Å². The molecule has 31 heavy (non-hydrogen) atoms. The van der Waals surface area contributed by atoms with Crippen molar-refractivity contribution in [3.63, 3.8) is 0 Å². The molecule has 0 radical (unpaired) electrons. The summed E-state index contributed by atoms with van der Waals surface area (Å²) < 4.78 is 43.5. The minimum atomic E-state index is -5.08. The van der Waals surface area contributed by atoms with Crippen LogP contribution in [0.25, 0.3) is 0 Å². The summed E-state index contributed by atoms with van der Waals surface area (Å²) in [4.78, 5) is 8.90. The molecule has 164 valence electrons. The fourth-order valence-corrected chi connectivity index (χ4v) is 2.29. The number of anilines is 2. The predicted octanol–water partition coefficient (Wildman–Crippen LogP) is 4.64. The number of aliphatic carboxylic acids is 1. The first kappa shape index (κ1) is 23.4. The predicted molar refractivity (Wildman–Crippen MR) is 111 cm³/mol. The van der Waals surface area contributed by atoms with E-state index in [9.17, 15) is 13.2 Å². The van der Waals surface area contributed by atoms with Gasteiger partial charge in [-0.15, -0.1) is 0 Å². The fraction of sp³-hybridized carbons (Fsp3) is 0.136. The standard InChI is InChI=1S/C20H20N2O2.C2HF3O2/c21-17-11-19(23-13-15-7-3-1-4-8-15)20(12-18(17)22)24-14-16-9-5-2-6-10-16;3-2(4,5)1(6)7/h1-12H,13-14,21-22H2;(H,6,7). The highest BCUT2D eigenvalue weighted by Gasteiger charge is 2.38. The van der Waals surface area contributed by atoms with E-state index in [2.05, 4.69) is 0 Å². The number of ether oxygens (including phenoxy) is 2. The third kappa shape index (κ3) is 7.81. The maximum atomic E-state index is 10.6. The summed E-state index contributed by atoms with van der Waals surface area (Å²) in [6.45, 7) is 0.873. The van der Waals surface area contributed by atoms with Gasteiger partial charge in [-0.25, -0.2) is 4.79 Å². The van der Waals surface area contributed by atoms with Gasteiger partial charge in [0.05, 0.1) is 11.4 Å². The number of carboxylic acid groups (broad SMARTS) is 1. The molecule has 0 saturated heterocycles. The van der Waals surface area contributed by atoms with Crippen LogP contribution in [0.1, 0.15) is 11.1 Å². The maximum Gasteiger partial charge on any atom is 0.490 e. The molecular weight excluding hydrogens is 413 g/mol. The molecule has 0 aliphatic rings. The molecule has 0 atom stereocenters. The highest BCUT2D eigenvalue weighted by molar-refractivity contribution is 5.73. The van der Waals surface area contributed by atoms with Crippen molar-refractivity contribution in [2.75, 3.05) is 11.5 Å². The molecule has 0 heterocycles. The summed E-state index contributed by atoms with van der Waals surface area (Å²) in [6, 6.07) is 23.3. The third-order valence-corrected chi connectivity index (χ3v) is 3.87. The van der Waals surface area contributed by atoms with Gasteiger partial charge in [-0.05, 0) is 11.1 Å². The Morgan fingerprint density at radius 2 is 1.10 bits per heavy atom. The highest BCUT2D eigenvalue weighted by Crippen LogP contribution is 2.35. The first-order valence-electron chi connectivity index (χ1n) is 8.99. The normalized spacial score (nSPS) is 10.5. The van der Waals surface area contributed by atoms with Crippen LogP contribution >= 0.6 is 0 Å². The molecule has 3 rings (SSSR count). The second-order valence-corrected chi connectivity index (χ2v) is 6.28. The van der Waals surface area contributed by atoms with E-state index in [4.69, 9.17) is 30.8 Å². The monoisotopic (exact) mass is 434 g/mol. The Morgan fingerprint density at radius 1 is 0.774 bits per heavy atom. The van der Waals surface area contributed by atoms with Gasteiger partial charge < -0.3 is 26.0 Å². The second kappa shape index (κ2) is 10.8. The van der Waals surface area contributed by atoms with E-state index >= 15 is 0 Å². The average molecular weight is 434 g/mol. The number of benzene rings is 3. The summed E-state index contributed by atoms with van der Waals surface area (Å²) in [5.74, 6) is -1.59. The van der Waals surface area contributed by atoms with Crippen molar-refractivity contribution >= 4 is 17.3 Å². The molecule has 0 fully saturated rings. The Balaban J connectivity index is 0.000000423. The number of nitrogens with two attached hydrogens (primary N) is 2. The number of alkyl halides is 3. The smallest absolute Gasteiger partial charge is 0.485 e. The van der Waals surface area contributed by atoms with Crippen molar-refractivity contribution in [1.82, 2.24) is 0 Å². The lowest BCUT2D eigenvalue weighted by atomic mass is 10.2. The van der Waals surface area contributed by atoms with Crippen LogP contribution < -0.4 is 20.9 Å². The summed E-state index contributed by atoms with van der Waals surface area (Å²) >= 11 is 0. The van der Waals surface area contributed by atoms with E-state index in [0.29, 0.717) is 36.1 Å². The number of rotatable bonds is 6. The van der Waals surface area contributed by atoms with Crippen molar-refractivity contribution in [2.24, 2.45) is 0 Å². The summed E-state index contributed by atoms with van der Waals surface area (Å²) in [6.07, 6.45) is -5.08. The van der Waals surface area contributed by atoms with Crippen molar-refractivity contribution in [3.05, 3.63) is 83.9 Å². The Kier molecular flexibility index (Phi) is 8.13. The molecule has 0 bridgehead atoms. The van der Waals surface area contributed by atoms with Crippen molar-refractivity contribution in [1.29, 1.82) is 0 Å². The second-order valence-electron chi connectivity index (χ2n) is 6.28. The average Bonchev–Trinajstić information content (AvgIpc) is 2.74. The van der Waals surface area contributed by atoms with Gasteiger partial charge in [0.15, 0.2) is 11.5 Å². The Labute approximate surface area is 176 Å². The molecule has 3 aromatic rings. The molecule has 0 spiro atoms. The van der Waals surface area contributed by atoms with Gasteiger partial charge in [0, 0.05) is 12.1 Å². The Hall–Kier alpha value is -3.88. The molecule has 0 aromatic heterocycles. The first-order valence-corrected chi connectivity index (χ1v) is 8.99. The van der Waals surface area contributed by atoms with E-state index in [1.165, 1.54) is 0 Å². The molecule has 0 unspecified atom stereocenters. The number of nitrogen functional groups attached to an aromatic ring is 2. The lowest BCUT2D eigenvalue weighted by Crippen LogP contribution is -2.21. The van der Waals surface area contributed by atoms with Gasteiger partial charge in [0.2, 0.25) is 0 Å². The largest absolute Gasteiger partial charge is 0.490 e. The first-order chi connectivity index (χ1) is 14.7. The summed E-state index contributed by atoms with van der Waals surface area (Å²) in [5, 5.41) is 7.12. The number of hydrogen-bond acceptors (Lipinski definition) is 5. The number of halogens is 3. The van der Waals surface area contributed by atoms with Crippen LogP contribution in [-0.2, 0) is 18.0 Å². The molecule has 0 saturated carbocycles. The van der Waals surface area contributed by atoms with Crippen LogP contribution in [0.4, 0.5) is 24.5 Å². The molecule has 5 N–H and O–H groups in total. The number of hydrogen-bond donors (Lipinski definition) is 3. The minimum absolute atomic E-state index is 0.436. The molecule has 0 aliphatic heterocycles. The lowest BCUT2D eigenvalue weighted by molar-refractivity contribution is -0.192. The molecule has 0 amide bonds. The Morgan fingerprint density at radius 3 is 1.39 bits per heavy atom. The van der Waals surface area contributed by atoms with Gasteiger partial charge in [-0.3, -0.25) is 0 Å². The minimum Gasteiger partial charge on any atom is -0.485 e. The van der Waals surface area contributed by atoms with Gasteiger partial charge >= 0.3 is 12.1 Å². The van der Waals surface area contributed by atoms with Crippen LogP contribution in [0.3, 0.4) is 0 Å². The Bertz CT molecular complexity index is 913. The van der Waals surface area contributed by atoms with Crippen LogP contribution in [-0.4, -0.2) is 17.3 Å². The van der Waals surface area contributed by atoms with Gasteiger partial charge in [0.1, 0.15) is 13.2 Å². The van der Waals surface area contributed by atoms with E-state index in [1.807, 2.05) is 60.7 Å². The molecular formula is C22H21F3N2O4. The number of carbonyl (C=O) groups is 1. The van der Waals surface area contributed by atoms with E-state index in [0.717, 1.165) is 11.1 Å². The summed E-state index contributed by atoms with van der Waals surface area (Å²) in [5.41, 5.74) is 14.9. The van der Waals surface area contributed by atoms with E-state index < -0.39 is 12.1 Å². The van der Waals surface area contributed by atoms with Crippen LogP contribution in [0.5, 0.6) is 11.5 Å².